The van der Waals surface area contributed by atoms with Crippen molar-refractivity contribution in [2.75, 3.05) is 21.2 Å². The summed E-state index contributed by atoms with van der Waals surface area (Å²) in [4.78, 5) is 19.2. The fourth-order valence-corrected chi connectivity index (χ4v) is 5.76. The Hall–Kier alpha value is -3.93. The highest BCUT2D eigenvalue weighted by Gasteiger charge is 2.78. The normalized spacial score (nSPS) is 28.4. The second-order valence-corrected chi connectivity index (χ2v) is 9.10. The standard InChI is InChI=1S/C27H25N3O5/c1-30(2)25(32)21-22(17-7-5-4-6-8-17)27(18-11-9-16(13-28)10-12-18)26(33,24(21)31)23-19(34-3)14-29-15-20(23)35-27/h4-12,14-15,21-22,24,31,33H,1-3H3/t21-,22-,24-,26+,27+/m1/s1. The van der Waals surface area contributed by atoms with Crippen LogP contribution in [0.3, 0.4) is 0 Å². The molecular formula is C27H25N3O5. The number of aliphatic hydroxyl groups excluding tert-OH is 1. The number of hydrogen-bond acceptors (Lipinski definition) is 7. The minimum atomic E-state index is -2.07. The average molecular weight is 472 g/mol. The van der Waals surface area contributed by atoms with Crippen LogP contribution in [0.25, 0.3) is 0 Å². The Kier molecular flexibility index (Phi) is 5.28. The van der Waals surface area contributed by atoms with Crippen LogP contribution in [0.1, 0.15) is 28.2 Å². The van der Waals surface area contributed by atoms with E-state index in [4.69, 9.17) is 9.47 Å². The number of pyridine rings is 1. The van der Waals surface area contributed by atoms with Gasteiger partial charge in [-0.3, -0.25) is 9.78 Å². The molecule has 5 rings (SSSR count). The summed E-state index contributed by atoms with van der Waals surface area (Å²) in [6, 6.07) is 18.0. The summed E-state index contributed by atoms with van der Waals surface area (Å²) in [6.45, 7) is 0. The highest BCUT2D eigenvalue weighted by Crippen LogP contribution is 2.69. The van der Waals surface area contributed by atoms with E-state index in [2.05, 4.69) is 11.1 Å². The quantitative estimate of drug-likeness (QED) is 0.600. The maximum Gasteiger partial charge on any atom is 0.228 e. The SMILES string of the molecule is COc1cncc2c1[C@]1(O)[C@H](O)[C@H](C(=O)N(C)C)[C@@H](c3ccccc3)[C@]1(c1ccc(C#N)cc1)O2. The lowest BCUT2D eigenvalue weighted by Gasteiger charge is -2.40. The zero-order valence-corrected chi connectivity index (χ0v) is 19.5. The van der Waals surface area contributed by atoms with Crippen molar-refractivity contribution in [2.45, 2.75) is 23.2 Å². The minimum absolute atomic E-state index is 0.238. The van der Waals surface area contributed by atoms with Crippen molar-refractivity contribution in [2.24, 2.45) is 5.92 Å². The monoisotopic (exact) mass is 471 g/mol. The Labute approximate surface area is 203 Å². The molecule has 1 saturated carbocycles. The summed E-state index contributed by atoms with van der Waals surface area (Å²) in [7, 11) is 4.67. The number of aromatic nitrogens is 1. The molecule has 5 atom stereocenters. The first-order chi connectivity index (χ1) is 16.8. The largest absolute Gasteiger partial charge is 0.495 e. The molecule has 1 aliphatic heterocycles. The number of fused-ring (bicyclic) bond motifs is 3. The van der Waals surface area contributed by atoms with Gasteiger partial charge in [0.25, 0.3) is 0 Å². The minimum Gasteiger partial charge on any atom is -0.495 e. The van der Waals surface area contributed by atoms with Crippen molar-refractivity contribution in [1.82, 2.24) is 9.88 Å². The van der Waals surface area contributed by atoms with Gasteiger partial charge in [0, 0.05) is 20.0 Å². The van der Waals surface area contributed by atoms with Gasteiger partial charge in [0.1, 0.15) is 17.6 Å². The zero-order valence-electron chi connectivity index (χ0n) is 19.5. The predicted octanol–water partition coefficient (Wildman–Crippen LogP) is 2.30. The van der Waals surface area contributed by atoms with Crippen molar-refractivity contribution >= 4 is 5.91 Å². The highest BCUT2D eigenvalue weighted by molar-refractivity contribution is 5.82. The number of rotatable bonds is 4. The van der Waals surface area contributed by atoms with Crippen molar-refractivity contribution in [3.63, 3.8) is 0 Å². The highest BCUT2D eigenvalue weighted by atomic mass is 16.5. The Morgan fingerprint density at radius 1 is 1.14 bits per heavy atom. The molecule has 35 heavy (non-hydrogen) atoms. The third-order valence-electron chi connectivity index (χ3n) is 7.21. The fraction of sp³-hybridized carbons (Fsp3) is 0.296. The molecule has 0 bridgehead atoms. The van der Waals surface area contributed by atoms with E-state index in [0.29, 0.717) is 16.7 Å². The number of amides is 1. The molecule has 1 amide bonds. The fourth-order valence-electron chi connectivity index (χ4n) is 5.76. The van der Waals surface area contributed by atoms with Crippen molar-refractivity contribution in [3.05, 3.63) is 89.2 Å². The smallest absolute Gasteiger partial charge is 0.228 e. The number of nitrogens with zero attached hydrogens (tertiary/aromatic N) is 3. The molecule has 8 heteroatoms. The van der Waals surface area contributed by atoms with Gasteiger partial charge in [0.15, 0.2) is 11.2 Å². The van der Waals surface area contributed by atoms with Crippen molar-refractivity contribution in [1.29, 1.82) is 5.26 Å². The Morgan fingerprint density at radius 3 is 2.43 bits per heavy atom. The third-order valence-corrected chi connectivity index (χ3v) is 7.21. The van der Waals surface area contributed by atoms with E-state index in [9.17, 15) is 20.3 Å². The van der Waals surface area contributed by atoms with Gasteiger partial charge in [-0.05, 0) is 23.3 Å². The maximum atomic E-state index is 13.6. The molecule has 1 fully saturated rings. The summed E-state index contributed by atoms with van der Waals surface area (Å²) in [5.41, 5.74) is -1.79. The number of benzene rings is 2. The lowest BCUT2D eigenvalue weighted by atomic mass is 9.70. The molecule has 0 unspecified atom stereocenters. The molecule has 178 valence electrons. The molecule has 8 nitrogen and oxygen atoms in total. The number of ether oxygens (including phenoxy) is 2. The number of hydrogen-bond donors (Lipinski definition) is 2. The van der Waals surface area contributed by atoms with Crippen LogP contribution in [0, 0.1) is 17.2 Å². The molecular weight excluding hydrogens is 446 g/mol. The first-order valence-corrected chi connectivity index (χ1v) is 11.2. The van der Waals surface area contributed by atoms with E-state index >= 15 is 0 Å². The maximum absolute atomic E-state index is 13.6. The topological polar surface area (TPSA) is 116 Å². The number of nitriles is 1. The van der Waals surface area contributed by atoms with Crippen LogP contribution in [0.15, 0.2) is 67.0 Å². The van der Waals surface area contributed by atoms with Crippen LogP contribution in [0.5, 0.6) is 11.5 Å². The molecule has 0 spiro atoms. The van der Waals surface area contributed by atoms with E-state index in [1.54, 1.807) is 38.4 Å². The van der Waals surface area contributed by atoms with Gasteiger partial charge < -0.3 is 24.6 Å². The predicted molar refractivity (Wildman–Crippen MR) is 126 cm³/mol. The van der Waals surface area contributed by atoms with E-state index in [0.717, 1.165) is 0 Å². The van der Waals surface area contributed by atoms with Gasteiger partial charge in [-0.15, -0.1) is 0 Å². The first-order valence-electron chi connectivity index (χ1n) is 11.2. The molecule has 2 N–H and O–H groups in total. The van der Waals surface area contributed by atoms with Crippen LogP contribution >= 0.6 is 0 Å². The van der Waals surface area contributed by atoms with E-state index in [1.165, 1.54) is 24.4 Å². The Balaban J connectivity index is 1.88. The zero-order chi connectivity index (χ0) is 25.0. The number of carbonyl (C=O) groups is 1. The molecule has 2 aromatic carbocycles. The van der Waals surface area contributed by atoms with Gasteiger partial charge in [0.05, 0.1) is 42.6 Å². The van der Waals surface area contributed by atoms with Crippen molar-refractivity contribution < 1.29 is 24.5 Å². The van der Waals surface area contributed by atoms with Crippen LogP contribution in [0.4, 0.5) is 0 Å². The van der Waals surface area contributed by atoms with Crippen LogP contribution in [0.2, 0.25) is 0 Å². The van der Waals surface area contributed by atoms with Crippen LogP contribution in [-0.4, -0.2) is 53.3 Å². The molecule has 1 aromatic heterocycles. The lowest BCUT2D eigenvalue weighted by Crippen LogP contribution is -2.52. The van der Waals surface area contributed by atoms with Gasteiger partial charge in [0.2, 0.25) is 5.91 Å². The molecule has 2 aliphatic rings. The number of carbonyl (C=O) groups excluding carboxylic acids is 1. The molecule has 2 heterocycles. The number of methoxy groups -OCH3 is 1. The lowest BCUT2D eigenvalue weighted by molar-refractivity contribution is -0.156. The summed E-state index contributed by atoms with van der Waals surface area (Å²) in [5.74, 6) is -1.68. The molecule has 3 aromatic rings. The number of aliphatic hydroxyl groups is 2. The van der Waals surface area contributed by atoms with Gasteiger partial charge in [-0.25, -0.2) is 0 Å². The molecule has 0 saturated heterocycles. The Morgan fingerprint density at radius 2 is 1.83 bits per heavy atom. The second kappa shape index (κ2) is 8.08. The summed E-state index contributed by atoms with van der Waals surface area (Å²) >= 11 is 0. The third kappa shape index (κ3) is 2.92. The molecule has 0 radical (unpaired) electrons. The first kappa shape index (κ1) is 22.8. The van der Waals surface area contributed by atoms with E-state index in [-0.39, 0.29) is 23.0 Å². The summed E-state index contributed by atoms with van der Waals surface area (Å²) < 4.78 is 12.1. The Bertz CT molecular complexity index is 1320. The second-order valence-electron chi connectivity index (χ2n) is 9.10. The average Bonchev–Trinajstić information content (AvgIpc) is 3.27. The molecule has 1 aliphatic carbocycles. The van der Waals surface area contributed by atoms with Gasteiger partial charge >= 0.3 is 0 Å². The van der Waals surface area contributed by atoms with Crippen molar-refractivity contribution in [3.8, 4) is 17.6 Å². The van der Waals surface area contributed by atoms with Crippen LogP contribution in [-0.2, 0) is 16.0 Å². The summed E-state index contributed by atoms with van der Waals surface area (Å²) in [6.07, 6.45) is 1.37. The van der Waals surface area contributed by atoms with E-state index < -0.39 is 29.1 Å². The van der Waals surface area contributed by atoms with E-state index in [1.807, 2.05) is 30.3 Å². The van der Waals surface area contributed by atoms with Gasteiger partial charge in [-0.1, -0.05) is 42.5 Å². The summed E-state index contributed by atoms with van der Waals surface area (Å²) in [5, 5.41) is 33.8. The van der Waals surface area contributed by atoms with Gasteiger partial charge in [-0.2, -0.15) is 5.26 Å². The van der Waals surface area contributed by atoms with Crippen LogP contribution < -0.4 is 9.47 Å².